The van der Waals surface area contributed by atoms with Crippen molar-refractivity contribution in [1.82, 2.24) is 0 Å². The molecule has 0 atom stereocenters. The summed E-state index contributed by atoms with van der Waals surface area (Å²) >= 11 is 0. The molecule has 0 N–H and O–H groups in total. The molecule has 2 aliphatic rings. The first-order valence-corrected chi connectivity index (χ1v) is 12.6. The molecular formula is C23H30Si. The van der Waals surface area contributed by atoms with Gasteiger partial charge in [0.1, 0.15) is 0 Å². The summed E-state index contributed by atoms with van der Waals surface area (Å²) in [6.07, 6.45) is 6.02. The second kappa shape index (κ2) is 6.37. The van der Waals surface area contributed by atoms with E-state index >= 15 is 0 Å². The molecule has 1 heteroatoms. The zero-order valence-corrected chi connectivity index (χ0v) is 16.8. The Hall–Kier alpha value is -1.60. The van der Waals surface area contributed by atoms with Gasteiger partial charge in [0, 0.05) is 0 Å². The van der Waals surface area contributed by atoms with Crippen LogP contribution in [-0.4, -0.2) is 8.07 Å². The molecule has 0 spiro atoms. The topological polar surface area (TPSA) is 0 Å². The van der Waals surface area contributed by atoms with E-state index < -0.39 is 8.07 Å². The van der Waals surface area contributed by atoms with Gasteiger partial charge in [-0.1, -0.05) is 86.7 Å². The van der Waals surface area contributed by atoms with Gasteiger partial charge in [-0.3, -0.25) is 0 Å². The van der Waals surface area contributed by atoms with E-state index in [0.717, 1.165) is 6.42 Å². The Labute approximate surface area is 148 Å². The van der Waals surface area contributed by atoms with Crippen LogP contribution in [0.5, 0.6) is 0 Å². The minimum Gasteiger partial charge on any atom is -0.0691 e. The lowest BCUT2D eigenvalue weighted by atomic mass is 10.1. The van der Waals surface area contributed by atoms with E-state index in [1.54, 1.807) is 11.1 Å². The van der Waals surface area contributed by atoms with Gasteiger partial charge >= 0.3 is 0 Å². The van der Waals surface area contributed by atoms with Crippen molar-refractivity contribution in [3.8, 4) is 0 Å². The Morgan fingerprint density at radius 2 is 1.29 bits per heavy atom. The lowest BCUT2D eigenvalue weighted by Crippen LogP contribution is -2.38. The van der Waals surface area contributed by atoms with E-state index in [1.807, 2.05) is 0 Å². The molecule has 24 heavy (non-hydrogen) atoms. The molecule has 0 heterocycles. The standard InChI is InChI=1S/C13H20Si.C10H10/c1-13(14(2,3)4)9-11-7-5-6-8-12(11)10-13;1-8-6-9-4-2-3-5-10(9)7-8/h5-8H,9-10H2,1-4H3;2-6H,7H2,1H3. The normalized spacial score (nSPS) is 17.5. The van der Waals surface area contributed by atoms with Crippen LogP contribution in [-0.2, 0) is 19.3 Å². The van der Waals surface area contributed by atoms with Crippen molar-refractivity contribution in [2.75, 3.05) is 0 Å². The average Bonchev–Trinajstić information content (AvgIpc) is 3.05. The van der Waals surface area contributed by atoms with Gasteiger partial charge in [-0.2, -0.15) is 0 Å². The minimum absolute atomic E-state index is 0.580. The second-order valence-corrected chi connectivity index (χ2v) is 14.5. The SMILES string of the molecule is CC1([Si](C)(C)C)Cc2ccccc2C1.CC1=Cc2ccccc2C1. The van der Waals surface area contributed by atoms with Crippen molar-refractivity contribution >= 4 is 14.1 Å². The largest absolute Gasteiger partial charge is 0.0691 e. The Morgan fingerprint density at radius 3 is 1.79 bits per heavy atom. The van der Waals surface area contributed by atoms with Crippen LogP contribution in [0, 0.1) is 0 Å². The van der Waals surface area contributed by atoms with E-state index in [-0.39, 0.29) is 0 Å². The van der Waals surface area contributed by atoms with Crippen molar-refractivity contribution in [3.05, 3.63) is 76.4 Å². The molecule has 0 aromatic heterocycles. The van der Waals surface area contributed by atoms with Crippen LogP contribution in [0.25, 0.3) is 6.08 Å². The number of rotatable bonds is 1. The third-order valence-electron chi connectivity index (χ3n) is 6.02. The summed E-state index contributed by atoms with van der Waals surface area (Å²) in [4.78, 5) is 0. The van der Waals surface area contributed by atoms with Crippen molar-refractivity contribution in [3.63, 3.8) is 0 Å². The molecule has 0 aliphatic heterocycles. The fraction of sp³-hybridized carbons (Fsp3) is 0.391. The van der Waals surface area contributed by atoms with E-state index in [0.29, 0.717) is 5.04 Å². The lowest BCUT2D eigenvalue weighted by Gasteiger charge is -2.37. The number of allylic oxidation sites excluding steroid dienone is 1. The summed E-state index contributed by atoms with van der Waals surface area (Å²) in [5, 5.41) is 0.580. The summed E-state index contributed by atoms with van der Waals surface area (Å²) in [6, 6.07) is 17.5. The van der Waals surface area contributed by atoms with Crippen LogP contribution in [0.2, 0.25) is 24.7 Å². The number of fused-ring (bicyclic) bond motifs is 2. The molecule has 0 amide bonds. The molecule has 4 rings (SSSR count). The zero-order valence-electron chi connectivity index (χ0n) is 15.8. The molecule has 2 aromatic rings. The molecule has 0 unspecified atom stereocenters. The molecule has 2 aromatic carbocycles. The summed E-state index contributed by atoms with van der Waals surface area (Å²) < 4.78 is 0. The predicted octanol–water partition coefficient (Wildman–Crippen LogP) is 6.53. The number of hydrogen-bond donors (Lipinski definition) is 0. The van der Waals surface area contributed by atoms with Crippen molar-refractivity contribution in [1.29, 1.82) is 0 Å². The van der Waals surface area contributed by atoms with Gasteiger partial charge in [-0.15, -0.1) is 0 Å². The number of hydrogen-bond acceptors (Lipinski definition) is 0. The van der Waals surface area contributed by atoms with Crippen LogP contribution >= 0.6 is 0 Å². The third kappa shape index (κ3) is 3.42. The van der Waals surface area contributed by atoms with Gasteiger partial charge in [0.2, 0.25) is 0 Å². The van der Waals surface area contributed by atoms with E-state index in [9.17, 15) is 0 Å². The second-order valence-electron chi connectivity index (χ2n) is 8.80. The van der Waals surface area contributed by atoms with Gasteiger partial charge in [-0.05, 0) is 53.5 Å². The fourth-order valence-electron chi connectivity index (χ4n) is 3.79. The van der Waals surface area contributed by atoms with E-state index in [4.69, 9.17) is 0 Å². The summed E-state index contributed by atoms with van der Waals surface area (Å²) in [7, 11) is -1.05. The molecule has 0 saturated heterocycles. The summed E-state index contributed by atoms with van der Waals surface area (Å²) in [5.41, 5.74) is 7.54. The molecule has 0 bridgehead atoms. The molecule has 0 radical (unpaired) electrons. The highest BCUT2D eigenvalue weighted by atomic mass is 28.3. The maximum absolute atomic E-state index is 2.50. The fourth-order valence-corrected chi connectivity index (χ4v) is 5.23. The Kier molecular flexibility index (Phi) is 4.57. The highest BCUT2D eigenvalue weighted by molar-refractivity contribution is 6.79. The molecule has 126 valence electrons. The van der Waals surface area contributed by atoms with Gasteiger partial charge < -0.3 is 0 Å². The van der Waals surface area contributed by atoms with Crippen molar-refractivity contribution in [2.24, 2.45) is 0 Å². The number of benzene rings is 2. The first-order valence-electron chi connectivity index (χ1n) is 9.10. The predicted molar refractivity (Wildman–Crippen MR) is 109 cm³/mol. The van der Waals surface area contributed by atoms with E-state index in [2.05, 4.69) is 88.1 Å². The lowest BCUT2D eigenvalue weighted by molar-refractivity contribution is 0.622. The molecule has 0 nitrogen and oxygen atoms in total. The Morgan fingerprint density at radius 1 is 0.792 bits per heavy atom. The highest BCUT2D eigenvalue weighted by Crippen LogP contribution is 2.49. The molecule has 0 saturated carbocycles. The molecule has 2 aliphatic carbocycles. The molecular weight excluding hydrogens is 304 g/mol. The quantitative estimate of drug-likeness (QED) is 0.520. The first kappa shape index (κ1) is 17.2. The van der Waals surface area contributed by atoms with E-state index in [1.165, 1.54) is 29.5 Å². The monoisotopic (exact) mass is 334 g/mol. The van der Waals surface area contributed by atoms with Gasteiger partial charge in [0.15, 0.2) is 0 Å². The maximum atomic E-state index is 2.50. The highest BCUT2D eigenvalue weighted by Gasteiger charge is 2.43. The molecule has 0 fully saturated rings. The first-order chi connectivity index (χ1) is 11.3. The third-order valence-corrected chi connectivity index (χ3v) is 9.99. The van der Waals surface area contributed by atoms with Gasteiger partial charge in [0.25, 0.3) is 0 Å². The van der Waals surface area contributed by atoms with Crippen LogP contribution in [0.15, 0.2) is 54.1 Å². The van der Waals surface area contributed by atoms with Crippen LogP contribution in [0.1, 0.15) is 36.1 Å². The summed E-state index contributed by atoms with van der Waals surface area (Å²) in [6.45, 7) is 12.2. The average molecular weight is 335 g/mol. The zero-order chi connectivity index (χ0) is 17.4. The minimum atomic E-state index is -1.05. The Balaban J connectivity index is 0.000000149. The summed E-state index contributed by atoms with van der Waals surface area (Å²) in [5.74, 6) is 0. The van der Waals surface area contributed by atoms with Crippen molar-refractivity contribution < 1.29 is 0 Å². The maximum Gasteiger partial charge on any atom is 0.0510 e. The van der Waals surface area contributed by atoms with Gasteiger partial charge in [0.05, 0.1) is 8.07 Å². The smallest absolute Gasteiger partial charge is 0.0510 e. The van der Waals surface area contributed by atoms with Crippen molar-refractivity contribution in [2.45, 2.75) is 57.8 Å². The van der Waals surface area contributed by atoms with Gasteiger partial charge in [-0.25, -0.2) is 0 Å². The van der Waals surface area contributed by atoms with Crippen LogP contribution in [0.4, 0.5) is 0 Å². The van der Waals surface area contributed by atoms with Crippen LogP contribution < -0.4 is 0 Å². The van der Waals surface area contributed by atoms with Crippen LogP contribution in [0.3, 0.4) is 0 Å². The Bertz CT molecular complexity index is 737.